The molecule has 146 valence electrons. The van der Waals surface area contributed by atoms with Crippen LogP contribution in [0.25, 0.3) is 22.3 Å². The first-order valence-corrected chi connectivity index (χ1v) is 9.87. The lowest BCUT2D eigenvalue weighted by atomic mass is 9.99. The van der Waals surface area contributed by atoms with E-state index >= 15 is 0 Å². The van der Waals surface area contributed by atoms with Crippen molar-refractivity contribution >= 4 is 40.1 Å². The van der Waals surface area contributed by atoms with Crippen molar-refractivity contribution in [2.75, 3.05) is 11.9 Å². The number of pyridine rings is 2. The van der Waals surface area contributed by atoms with E-state index in [1.165, 1.54) is 11.1 Å². The topological polar surface area (TPSA) is 81.2 Å². The molecule has 4 aromatic rings. The summed E-state index contributed by atoms with van der Waals surface area (Å²) in [7, 11) is 0. The largest absolute Gasteiger partial charge is 0.346 e. The predicted octanol–water partition coefficient (Wildman–Crippen LogP) is 3.93. The van der Waals surface area contributed by atoms with Gasteiger partial charge in [0.15, 0.2) is 0 Å². The van der Waals surface area contributed by atoms with Crippen LogP contribution < -0.4 is 10.7 Å². The van der Waals surface area contributed by atoms with E-state index in [0.29, 0.717) is 13.1 Å². The Hall–Kier alpha value is -3.97. The number of rotatable bonds is 3. The molecule has 0 unspecified atom stereocenters. The quantitative estimate of drug-likeness (QED) is 0.491. The van der Waals surface area contributed by atoms with Crippen molar-refractivity contribution in [3.63, 3.8) is 0 Å². The molecule has 0 atom stereocenters. The van der Waals surface area contributed by atoms with Gasteiger partial charge in [0.1, 0.15) is 17.8 Å². The maximum atomic E-state index is 4.82. The molecule has 2 aliphatic heterocycles. The van der Waals surface area contributed by atoms with E-state index in [-0.39, 0.29) is 0 Å². The second kappa shape index (κ2) is 6.82. The van der Waals surface area contributed by atoms with Crippen LogP contribution >= 0.6 is 0 Å². The third kappa shape index (κ3) is 2.75. The molecule has 0 saturated carbocycles. The van der Waals surface area contributed by atoms with E-state index in [1.54, 1.807) is 6.20 Å². The lowest BCUT2D eigenvalue weighted by molar-refractivity contribution is 0.345. The molecule has 0 radical (unpaired) electrons. The number of aromatic amines is 1. The van der Waals surface area contributed by atoms with Gasteiger partial charge in [-0.1, -0.05) is 18.2 Å². The van der Waals surface area contributed by atoms with Crippen LogP contribution in [0.2, 0.25) is 0 Å². The zero-order valence-electron chi connectivity index (χ0n) is 16.1. The van der Waals surface area contributed by atoms with Crippen molar-refractivity contribution in [2.45, 2.75) is 6.54 Å². The Bertz CT molecular complexity index is 1320. The van der Waals surface area contributed by atoms with E-state index in [1.807, 2.05) is 41.9 Å². The van der Waals surface area contributed by atoms with Crippen molar-refractivity contribution in [1.29, 1.82) is 0 Å². The molecular weight excluding hydrogens is 374 g/mol. The number of nitrogens with zero attached hydrogens (tertiary/aromatic N) is 4. The molecule has 30 heavy (non-hydrogen) atoms. The van der Waals surface area contributed by atoms with Gasteiger partial charge in [-0.2, -0.15) is 0 Å². The van der Waals surface area contributed by atoms with Crippen molar-refractivity contribution in [1.82, 2.24) is 25.4 Å². The summed E-state index contributed by atoms with van der Waals surface area (Å²) < 4.78 is 0. The van der Waals surface area contributed by atoms with Gasteiger partial charge in [-0.3, -0.25) is 5.01 Å². The van der Waals surface area contributed by atoms with Gasteiger partial charge < -0.3 is 10.3 Å². The molecule has 0 fully saturated rings. The molecule has 0 spiro atoms. The van der Waals surface area contributed by atoms with Crippen molar-refractivity contribution < 1.29 is 0 Å². The number of benzene rings is 1. The van der Waals surface area contributed by atoms with Crippen LogP contribution in [0, 0.1) is 0 Å². The summed E-state index contributed by atoms with van der Waals surface area (Å²) >= 11 is 0. The van der Waals surface area contributed by atoms with Crippen LogP contribution in [0.3, 0.4) is 0 Å². The van der Waals surface area contributed by atoms with E-state index in [4.69, 9.17) is 4.99 Å². The Labute approximate surface area is 173 Å². The van der Waals surface area contributed by atoms with Gasteiger partial charge in [0.2, 0.25) is 0 Å². The highest BCUT2D eigenvalue weighted by molar-refractivity contribution is 6.03. The van der Waals surface area contributed by atoms with Crippen LogP contribution in [-0.2, 0) is 6.54 Å². The minimum atomic E-state index is 0.684. The number of hydrogen-bond donors (Lipinski definition) is 3. The summed E-state index contributed by atoms with van der Waals surface area (Å²) in [5.41, 5.74) is 10.9. The fourth-order valence-corrected chi connectivity index (χ4v) is 4.07. The number of aliphatic imine (C=N–C) groups is 1. The second-order valence-corrected chi connectivity index (χ2v) is 7.31. The highest BCUT2D eigenvalue weighted by Gasteiger charge is 2.25. The monoisotopic (exact) mass is 393 g/mol. The number of aromatic nitrogens is 3. The molecule has 0 saturated heterocycles. The van der Waals surface area contributed by atoms with Crippen LogP contribution in [0.15, 0.2) is 72.1 Å². The fourth-order valence-electron chi connectivity index (χ4n) is 4.07. The van der Waals surface area contributed by atoms with Crippen molar-refractivity contribution in [2.24, 2.45) is 4.99 Å². The first-order valence-electron chi connectivity index (χ1n) is 9.87. The molecular formula is C23H19N7. The van der Waals surface area contributed by atoms with Crippen molar-refractivity contribution in [3.8, 4) is 0 Å². The Balaban J connectivity index is 1.33. The molecule has 0 bridgehead atoms. The first-order chi connectivity index (χ1) is 14.9. The average Bonchev–Trinajstić information content (AvgIpc) is 3.23. The maximum absolute atomic E-state index is 4.82. The summed E-state index contributed by atoms with van der Waals surface area (Å²) in [5, 5.41) is 6.64. The zero-order valence-corrected chi connectivity index (χ0v) is 16.1. The molecule has 3 aromatic heterocycles. The van der Waals surface area contributed by atoms with Gasteiger partial charge in [-0.15, -0.1) is 0 Å². The number of para-hydroxylation sites is 1. The molecule has 1 aromatic carbocycles. The third-order valence-corrected chi connectivity index (χ3v) is 5.53. The van der Waals surface area contributed by atoms with Gasteiger partial charge >= 0.3 is 0 Å². The minimum absolute atomic E-state index is 0.684. The molecule has 3 N–H and O–H groups in total. The number of hydrazine groups is 1. The summed E-state index contributed by atoms with van der Waals surface area (Å²) in [6.45, 7) is 1.39. The molecule has 0 amide bonds. The van der Waals surface area contributed by atoms with E-state index < -0.39 is 0 Å². The first kappa shape index (κ1) is 16.9. The Kier molecular flexibility index (Phi) is 3.85. The summed E-state index contributed by atoms with van der Waals surface area (Å²) in [4.78, 5) is 16.9. The lowest BCUT2D eigenvalue weighted by Gasteiger charge is -2.27. The van der Waals surface area contributed by atoms with E-state index in [9.17, 15) is 0 Å². The van der Waals surface area contributed by atoms with Crippen LogP contribution in [0.4, 0.5) is 11.5 Å². The number of hydrogen-bond acceptors (Lipinski definition) is 6. The fraction of sp³-hybridized carbons (Fsp3) is 0.0870. The SMILES string of the molecule is C1=NC2=C(CN1NCc1ccnc3[nH]ccc13)c1ccccc1Nc1ncccc12. The Morgan fingerprint density at radius 1 is 0.967 bits per heavy atom. The summed E-state index contributed by atoms with van der Waals surface area (Å²) in [6.07, 6.45) is 7.41. The average molecular weight is 393 g/mol. The third-order valence-electron chi connectivity index (χ3n) is 5.53. The minimum Gasteiger partial charge on any atom is -0.346 e. The van der Waals surface area contributed by atoms with Crippen molar-refractivity contribution in [3.05, 3.63) is 83.8 Å². The molecule has 5 heterocycles. The normalized spacial score (nSPS) is 14.7. The van der Waals surface area contributed by atoms with Gasteiger partial charge in [0.05, 0.1) is 12.2 Å². The number of anilines is 2. The summed E-state index contributed by atoms with van der Waals surface area (Å²) in [6, 6.07) is 16.4. The number of H-pyrrole nitrogens is 1. The summed E-state index contributed by atoms with van der Waals surface area (Å²) in [5.74, 6) is 0.833. The standard InChI is InChI=1S/C23H19N7/c1-2-6-20-17(4-1)19-13-30(14-27-21(19)18-5-3-9-24-23(18)29-20)28-12-15-7-10-25-22-16(15)8-11-26-22/h1-11,14,28H,12-13H2,(H,24,29)(H,25,26). The maximum Gasteiger partial charge on any atom is 0.139 e. The smallest absolute Gasteiger partial charge is 0.139 e. The molecule has 6 rings (SSSR count). The number of fused-ring (bicyclic) bond motifs is 5. The van der Waals surface area contributed by atoms with E-state index in [0.717, 1.165) is 39.4 Å². The number of nitrogens with one attached hydrogen (secondary N) is 3. The lowest BCUT2D eigenvalue weighted by Crippen LogP contribution is -2.39. The van der Waals surface area contributed by atoms with Crippen LogP contribution in [0.1, 0.15) is 16.7 Å². The molecule has 7 nitrogen and oxygen atoms in total. The highest BCUT2D eigenvalue weighted by atomic mass is 15.5. The van der Waals surface area contributed by atoms with Gasteiger partial charge in [-0.25, -0.2) is 20.4 Å². The van der Waals surface area contributed by atoms with E-state index in [2.05, 4.69) is 56.0 Å². The predicted molar refractivity (Wildman–Crippen MR) is 119 cm³/mol. The highest BCUT2D eigenvalue weighted by Crippen LogP contribution is 2.40. The Morgan fingerprint density at radius 2 is 1.90 bits per heavy atom. The van der Waals surface area contributed by atoms with Gasteiger partial charge in [-0.05, 0) is 35.9 Å². The second-order valence-electron chi connectivity index (χ2n) is 7.31. The molecule has 0 aliphatic carbocycles. The van der Waals surface area contributed by atoms with Crippen LogP contribution in [-0.4, -0.2) is 32.8 Å². The molecule has 2 aliphatic rings. The van der Waals surface area contributed by atoms with Gasteiger partial charge in [0, 0.05) is 52.9 Å². The van der Waals surface area contributed by atoms with Gasteiger partial charge in [0.25, 0.3) is 0 Å². The zero-order chi connectivity index (χ0) is 19.9. The molecule has 7 heteroatoms. The van der Waals surface area contributed by atoms with Crippen LogP contribution in [0.5, 0.6) is 0 Å². The Morgan fingerprint density at radius 3 is 2.90 bits per heavy atom.